The largest absolute Gasteiger partial charge is 0.393 e. The van der Waals surface area contributed by atoms with Crippen molar-refractivity contribution in [3.63, 3.8) is 0 Å². The van der Waals surface area contributed by atoms with Crippen molar-refractivity contribution in [2.24, 2.45) is 12.8 Å². The molecule has 0 spiro atoms. The molecule has 6 nitrogen and oxygen atoms in total. The smallest absolute Gasteiger partial charge is 0.243 e. The van der Waals surface area contributed by atoms with Gasteiger partial charge in [0.25, 0.3) is 0 Å². The van der Waals surface area contributed by atoms with Gasteiger partial charge >= 0.3 is 0 Å². The SMILES string of the molecule is CCC(CC(N)=S)NS(=O)(=O)c1cnn(C)c1. The maximum Gasteiger partial charge on any atom is 0.243 e. The summed E-state index contributed by atoms with van der Waals surface area (Å²) >= 11 is 4.77. The molecule has 0 aliphatic rings. The topological polar surface area (TPSA) is 90.0 Å². The minimum Gasteiger partial charge on any atom is -0.393 e. The number of nitrogens with one attached hydrogen (secondary N) is 1. The summed E-state index contributed by atoms with van der Waals surface area (Å²) in [5, 5.41) is 3.82. The first kappa shape index (κ1) is 14.1. The number of nitrogens with two attached hydrogens (primary N) is 1. The van der Waals surface area contributed by atoms with Crippen LogP contribution in [-0.2, 0) is 17.1 Å². The van der Waals surface area contributed by atoms with E-state index in [1.165, 1.54) is 17.1 Å². The Kier molecular flexibility index (Phi) is 4.61. The summed E-state index contributed by atoms with van der Waals surface area (Å²) in [6, 6.07) is -0.280. The lowest BCUT2D eigenvalue weighted by atomic mass is 10.2. The molecule has 1 heterocycles. The van der Waals surface area contributed by atoms with E-state index in [1.807, 2.05) is 6.92 Å². The molecule has 0 bridgehead atoms. The quantitative estimate of drug-likeness (QED) is 0.722. The summed E-state index contributed by atoms with van der Waals surface area (Å²) in [4.78, 5) is 0.437. The van der Waals surface area contributed by atoms with Gasteiger partial charge in [0.1, 0.15) is 4.90 Å². The Balaban J connectivity index is 2.81. The fraction of sp³-hybridized carbons (Fsp3) is 0.556. The van der Waals surface area contributed by atoms with E-state index in [9.17, 15) is 8.42 Å². The van der Waals surface area contributed by atoms with Gasteiger partial charge in [-0.15, -0.1) is 0 Å². The zero-order valence-corrected chi connectivity index (χ0v) is 11.4. The molecule has 1 atom stereocenters. The van der Waals surface area contributed by atoms with Crippen LogP contribution in [0.25, 0.3) is 0 Å². The van der Waals surface area contributed by atoms with E-state index >= 15 is 0 Å². The number of sulfonamides is 1. The highest BCUT2D eigenvalue weighted by Crippen LogP contribution is 2.09. The van der Waals surface area contributed by atoms with Gasteiger partial charge in [0.05, 0.1) is 11.2 Å². The van der Waals surface area contributed by atoms with Crippen LogP contribution >= 0.6 is 12.2 Å². The van der Waals surface area contributed by atoms with Crippen molar-refractivity contribution in [2.45, 2.75) is 30.7 Å². The fourth-order valence-electron chi connectivity index (χ4n) is 1.34. The molecule has 17 heavy (non-hydrogen) atoms. The highest BCUT2D eigenvalue weighted by atomic mass is 32.2. The summed E-state index contributed by atoms with van der Waals surface area (Å²) in [6.07, 6.45) is 3.72. The van der Waals surface area contributed by atoms with E-state index in [2.05, 4.69) is 9.82 Å². The van der Waals surface area contributed by atoms with E-state index in [-0.39, 0.29) is 10.9 Å². The van der Waals surface area contributed by atoms with Gasteiger partial charge in [-0.2, -0.15) is 5.10 Å². The number of aromatic nitrogens is 2. The Hall–Kier alpha value is -0.990. The molecule has 0 aliphatic heterocycles. The monoisotopic (exact) mass is 276 g/mol. The molecule has 1 aromatic rings. The van der Waals surface area contributed by atoms with Gasteiger partial charge in [0, 0.05) is 25.7 Å². The number of aryl methyl sites for hydroxylation is 1. The number of hydrogen-bond donors (Lipinski definition) is 2. The summed E-state index contributed by atoms with van der Waals surface area (Å²) < 4.78 is 27.9. The second kappa shape index (κ2) is 5.56. The Morgan fingerprint density at radius 3 is 2.76 bits per heavy atom. The van der Waals surface area contributed by atoms with Gasteiger partial charge in [0.15, 0.2) is 0 Å². The van der Waals surface area contributed by atoms with Gasteiger partial charge in [-0.3, -0.25) is 4.68 Å². The normalized spacial score (nSPS) is 13.5. The maximum absolute atomic E-state index is 11.9. The molecule has 1 aromatic heterocycles. The molecule has 0 fully saturated rings. The van der Waals surface area contributed by atoms with E-state index < -0.39 is 10.0 Å². The Labute approximate surface area is 106 Å². The van der Waals surface area contributed by atoms with Crippen molar-refractivity contribution in [2.75, 3.05) is 0 Å². The van der Waals surface area contributed by atoms with Crippen molar-refractivity contribution in [1.29, 1.82) is 0 Å². The highest BCUT2D eigenvalue weighted by molar-refractivity contribution is 7.89. The predicted molar refractivity (Wildman–Crippen MR) is 69.0 cm³/mol. The van der Waals surface area contributed by atoms with Crippen LogP contribution in [0.15, 0.2) is 17.3 Å². The average Bonchev–Trinajstić information content (AvgIpc) is 2.63. The first-order chi connectivity index (χ1) is 7.85. The standard InChI is InChI=1S/C9H16N4O2S2/c1-3-7(4-9(10)16)12-17(14,15)8-5-11-13(2)6-8/h5-7,12H,3-4H2,1-2H3,(H2,10,16). The summed E-state index contributed by atoms with van der Waals surface area (Å²) in [7, 11) is -1.89. The average molecular weight is 276 g/mol. The van der Waals surface area contributed by atoms with Crippen LogP contribution in [0.5, 0.6) is 0 Å². The van der Waals surface area contributed by atoms with Crippen LogP contribution in [0.2, 0.25) is 0 Å². The van der Waals surface area contributed by atoms with Gasteiger partial charge in [-0.25, -0.2) is 13.1 Å². The van der Waals surface area contributed by atoms with Crippen molar-refractivity contribution in [3.8, 4) is 0 Å². The van der Waals surface area contributed by atoms with Crippen LogP contribution in [0.4, 0.5) is 0 Å². The molecule has 0 amide bonds. The molecule has 8 heteroatoms. The number of thiocarbonyl (C=S) groups is 1. The molecule has 96 valence electrons. The van der Waals surface area contributed by atoms with E-state index in [4.69, 9.17) is 18.0 Å². The minimum absolute atomic E-state index is 0.140. The van der Waals surface area contributed by atoms with Crippen LogP contribution < -0.4 is 10.5 Å². The van der Waals surface area contributed by atoms with Crippen molar-refractivity contribution in [3.05, 3.63) is 12.4 Å². The van der Waals surface area contributed by atoms with Crippen LogP contribution in [-0.4, -0.2) is 29.2 Å². The van der Waals surface area contributed by atoms with Gasteiger partial charge < -0.3 is 5.73 Å². The Bertz CT molecular complexity index is 495. The molecule has 0 radical (unpaired) electrons. The molecule has 1 rings (SSSR count). The Morgan fingerprint density at radius 1 is 1.71 bits per heavy atom. The van der Waals surface area contributed by atoms with E-state index in [0.717, 1.165) is 0 Å². The zero-order valence-electron chi connectivity index (χ0n) is 9.75. The molecular weight excluding hydrogens is 260 g/mol. The lowest BCUT2D eigenvalue weighted by Crippen LogP contribution is -2.36. The first-order valence-corrected chi connectivity index (χ1v) is 7.03. The minimum atomic E-state index is -3.54. The molecule has 0 saturated carbocycles. The van der Waals surface area contributed by atoms with Crippen molar-refractivity contribution >= 4 is 27.2 Å². The third-order valence-corrected chi connectivity index (χ3v) is 3.90. The van der Waals surface area contributed by atoms with E-state index in [0.29, 0.717) is 17.8 Å². The fourth-order valence-corrected chi connectivity index (χ4v) is 2.84. The predicted octanol–water partition coefficient (Wildman–Crippen LogP) is 0.153. The number of hydrogen-bond acceptors (Lipinski definition) is 4. The number of nitrogens with zero attached hydrogens (tertiary/aromatic N) is 2. The van der Waals surface area contributed by atoms with Gasteiger partial charge in [0.2, 0.25) is 10.0 Å². The Morgan fingerprint density at radius 2 is 2.35 bits per heavy atom. The van der Waals surface area contributed by atoms with Crippen molar-refractivity contribution < 1.29 is 8.42 Å². The molecule has 0 aromatic carbocycles. The second-order valence-corrected chi connectivity index (χ2v) is 5.98. The zero-order chi connectivity index (χ0) is 13.1. The second-order valence-electron chi connectivity index (χ2n) is 3.75. The summed E-state index contributed by atoms with van der Waals surface area (Å²) in [5.74, 6) is 0. The number of rotatable bonds is 6. The molecule has 0 saturated heterocycles. The lowest BCUT2D eigenvalue weighted by molar-refractivity contribution is 0.546. The third-order valence-electron chi connectivity index (χ3n) is 2.25. The first-order valence-electron chi connectivity index (χ1n) is 5.14. The van der Waals surface area contributed by atoms with Gasteiger partial charge in [-0.1, -0.05) is 19.1 Å². The van der Waals surface area contributed by atoms with Crippen LogP contribution in [0, 0.1) is 0 Å². The lowest BCUT2D eigenvalue weighted by Gasteiger charge is -2.15. The van der Waals surface area contributed by atoms with Crippen molar-refractivity contribution in [1.82, 2.24) is 14.5 Å². The molecule has 0 aliphatic carbocycles. The van der Waals surface area contributed by atoms with Gasteiger partial charge in [-0.05, 0) is 6.42 Å². The van der Waals surface area contributed by atoms with Crippen LogP contribution in [0.1, 0.15) is 19.8 Å². The van der Waals surface area contributed by atoms with Crippen LogP contribution in [0.3, 0.4) is 0 Å². The summed E-state index contributed by atoms with van der Waals surface area (Å²) in [5.41, 5.74) is 5.41. The highest BCUT2D eigenvalue weighted by Gasteiger charge is 2.20. The van der Waals surface area contributed by atoms with E-state index in [1.54, 1.807) is 7.05 Å². The molecule has 3 N–H and O–H groups in total. The molecule has 1 unspecified atom stereocenters. The third kappa shape index (κ3) is 4.06. The molecular formula is C9H16N4O2S2. The summed E-state index contributed by atoms with van der Waals surface area (Å²) in [6.45, 7) is 1.87. The maximum atomic E-state index is 11.9.